The fraction of sp³-hybridized carbons (Fsp3) is 0.167. The van der Waals surface area contributed by atoms with E-state index in [1.807, 2.05) is 58.7 Å². The van der Waals surface area contributed by atoms with Gasteiger partial charge in [-0.15, -0.1) is 11.3 Å². The summed E-state index contributed by atoms with van der Waals surface area (Å²) in [7, 11) is 0. The zero-order valence-corrected chi connectivity index (χ0v) is 13.6. The smallest absolute Gasteiger partial charge is 0.251 e. The predicted molar refractivity (Wildman–Crippen MR) is 92.0 cm³/mol. The van der Waals surface area contributed by atoms with Gasteiger partial charge in [0.15, 0.2) is 0 Å². The van der Waals surface area contributed by atoms with Crippen molar-refractivity contribution in [2.75, 3.05) is 6.54 Å². The zero-order chi connectivity index (χ0) is 16.3. The summed E-state index contributed by atoms with van der Waals surface area (Å²) >= 11 is 1.47. The SMILES string of the molecule is CC(O)(CNC(=O)c1ccc(-n2cccc2)cc1)c1cccs1. The molecule has 2 heterocycles. The number of hydrogen-bond acceptors (Lipinski definition) is 3. The summed E-state index contributed by atoms with van der Waals surface area (Å²) in [6.07, 6.45) is 3.90. The molecule has 0 aliphatic rings. The molecule has 0 aliphatic heterocycles. The van der Waals surface area contributed by atoms with Crippen molar-refractivity contribution in [3.8, 4) is 5.69 Å². The predicted octanol–water partition coefficient (Wildman–Crippen LogP) is 3.18. The van der Waals surface area contributed by atoms with Crippen LogP contribution in [0.15, 0.2) is 66.3 Å². The highest BCUT2D eigenvalue weighted by atomic mass is 32.1. The second-order valence-corrected chi connectivity index (χ2v) is 6.52. The topological polar surface area (TPSA) is 54.3 Å². The van der Waals surface area contributed by atoms with Crippen LogP contribution in [0.5, 0.6) is 0 Å². The monoisotopic (exact) mass is 326 g/mol. The first-order valence-corrected chi connectivity index (χ1v) is 8.22. The lowest BCUT2D eigenvalue weighted by molar-refractivity contribution is 0.0557. The Labute approximate surface area is 139 Å². The van der Waals surface area contributed by atoms with Crippen molar-refractivity contribution in [1.82, 2.24) is 9.88 Å². The van der Waals surface area contributed by atoms with Crippen LogP contribution in [0.3, 0.4) is 0 Å². The first kappa shape index (κ1) is 15.5. The van der Waals surface area contributed by atoms with E-state index >= 15 is 0 Å². The summed E-state index contributed by atoms with van der Waals surface area (Å²) in [5.74, 6) is -0.194. The van der Waals surface area contributed by atoms with Crippen molar-refractivity contribution in [1.29, 1.82) is 0 Å². The van der Waals surface area contributed by atoms with Gasteiger partial charge >= 0.3 is 0 Å². The molecule has 0 bridgehead atoms. The van der Waals surface area contributed by atoms with Crippen molar-refractivity contribution >= 4 is 17.2 Å². The lowest BCUT2D eigenvalue weighted by atomic mass is 10.0. The number of nitrogens with zero attached hydrogens (tertiary/aromatic N) is 1. The summed E-state index contributed by atoms with van der Waals surface area (Å²) in [5.41, 5.74) is 0.509. The minimum atomic E-state index is -1.06. The quantitative estimate of drug-likeness (QED) is 0.756. The molecule has 5 heteroatoms. The molecule has 3 rings (SSSR count). The van der Waals surface area contributed by atoms with E-state index in [-0.39, 0.29) is 12.5 Å². The number of thiophene rings is 1. The lowest BCUT2D eigenvalue weighted by Crippen LogP contribution is -2.38. The molecule has 0 aliphatic carbocycles. The maximum absolute atomic E-state index is 12.2. The number of benzene rings is 1. The first-order chi connectivity index (χ1) is 11.1. The van der Waals surface area contributed by atoms with Crippen molar-refractivity contribution in [2.45, 2.75) is 12.5 Å². The van der Waals surface area contributed by atoms with Gasteiger partial charge in [-0.1, -0.05) is 6.07 Å². The van der Waals surface area contributed by atoms with E-state index in [4.69, 9.17) is 0 Å². The fourth-order valence-electron chi connectivity index (χ4n) is 2.32. The van der Waals surface area contributed by atoms with E-state index in [9.17, 15) is 9.90 Å². The van der Waals surface area contributed by atoms with E-state index in [2.05, 4.69) is 5.32 Å². The zero-order valence-electron chi connectivity index (χ0n) is 12.8. The van der Waals surface area contributed by atoms with Gasteiger partial charge in [-0.2, -0.15) is 0 Å². The Hall–Kier alpha value is -2.37. The minimum Gasteiger partial charge on any atom is -0.383 e. The molecule has 1 aromatic carbocycles. The molecule has 1 atom stereocenters. The van der Waals surface area contributed by atoms with Crippen LogP contribution in [0.25, 0.3) is 5.69 Å². The highest BCUT2D eigenvalue weighted by Gasteiger charge is 2.25. The maximum atomic E-state index is 12.2. The van der Waals surface area contributed by atoms with Crippen molar-refractivity contribution in [3.05, 3.63) is 76.7 Å². The summed E-state index contributed by atoms with van der Waals surface area (Å²) in [6, 6.07) is 15.0. The summed E-state index contributed by atoms with van der Waals surface area (Å²) in [6.45, 7) is 1.87. The molecule has 1 unspecified atom stereocenters. The van der Waals surface area contributed by atoms with Crippen LogP contribution in [0.4, 0.5) is 0 Å². The van der Waals surface area contributed by atoms with Crippen LogP contribution in [0, 0.1) is 0 Å². The number of amides is 1. The lowest BCUT2D eigenvalue weighted by Gasteiger charge is -2.22. The molecule has 118 valence electrons. The molecule has 23 heavy (non-hydrogen) atoms. The summed E-state index contributed by atoms with van der Waals surface area (Å²) in [5, 5.41) is 15.1. The van der Waals surface area contributed by atoms with Gasteiger partial charge in [-0.3, -0.25) is 4.79 Å². The molecule has 3 aromatic rings. The molecule has 0 saturated heterocycles. The van der Waals surface area contributed by atoms with Crippen molar-refractivity contribution < 1.29 is 9.90 Å². The number of aromatic nitrogens is 1. The van der Waals surface area contributed by atoms with Gasteiger partial charge in [0.25, 0.3) is 5.91 Å². The van der Waals surface area contributed by atoms with Gasteiger partial charge in [0.2, 0.25) is 0 Å². The highest BCUT2D eigenvalue weighted by molar-refractivity contribution is 7.10. The molecule has 0 saturated carbocycles. The molecule has 0 fully saturated rings. The number of hydrogen-bond donors (Lipinski definition) is 2. The summed E-state index contributed by atoms with van der Waals surface area (Å²) in [4.78, 5) is 13.1. The molecule has 2 N–H and O–H groups in total. The van der Waals surface area contributed by atoms with Gasteiger partial charge in [0.05, 0.1) is 6.54 Å². The second kappa shape index (κ2) is 6.40. The molecule has 1 amide bonds. The Morgan fingerprint density at radius 2 is 1.87 bits per heavy atom. The Bertz CT molecular complexity index is 760. The van der Waals surface area contributed by atoms with Gasteiger partial charge in [-0.05, 0) is 54.8 Å². The van der Waals surface area contributed by atoms with Gasteiger partial charge in [-0.25, -0.2) is 0 Å². The van der Waals surface area contributed by atoms with Crippen molar-refractivity contribution in [2.24, 2.45) is 0 Å². The minimum absolute atomic E-state index is 0.172. The highest BCUT2D eigenvalue weighted by Crippen LogP contribution is 2.24. The maximum Gasteiger partial charge on any atom is 0.251 e. The van der Waals surface area contributed by atoms with Crippen molar-refractivity contribution in [3.63, 3.8) is 0 Å². The Kier molecular flexibility index (Phi) is 4.32. The standard InChI is InChI=1S/C18H18N2O2S/c1-18(22,16-5-4-12-23-16)13-19-17(21)14-6-8-15(9-7-14)20-10-2-3-11-20/h2-12,22H,13H2,1H3,(H,19,21). The molecule has 0 spiro atoms. The van der Waals surface area contributed by atoms with Crippen LogP contribution in [-0.4, -0.2) is 22.1 Å². The van der Waals surface area contributed by atoms with Gasteiger partial charge in [0.1, 0.15) is 5.60 Å². The van der Waals surface area contributed by atoms with E-state index in [0.29, 0.717) is 5.56 Å². The first-order valence-electron chi connectivity index (χ1n) is 7.34. The number of nitrogens with one attached hydrogen (secondary N) is 1. The third-order valence-electron chi connectivity index (χ3n) is 3.68. The Morgan fingerprint density at radius 1 is 1.17 bits per heavy atom. The normalized spacial score (nSPS) is 13.5. The van der Waals surface area contributed by atoms with Crippen LogP contribution in [0.1, 0.15) is 22.2 Å². The molecular weight excluding hydrogens is 308 g/mol. The number of carbonyl (C=O) groups excluding carboxylic acids is 1. The number of carbonyl (C=O) groups is 1. The second-order valence-electron chi connectivity index (χ2n) is 5.57. The third kappa shape index (κ3) is 3.52. The van der Waals surface area contributed by atoms with E-state index in [1.165, 1.54) is 11.3 Å². The molecular formula is C18H18N2O2S. The number of aliphatic hydroxyl groups is 1. The fourth-order valence-corrected chi connectivity index (χ4v) is 3.11. The third-order valence-corrected chi connectivity index (χ3v) is 4.80. The van der Waals surface area contributed by atoms with Crippen LogP contribution >= 0.6 is 11.3 Å². The number of rotatable bonds is 5. The molecule has 2 aromatic heterocycles. The Morgan fingerprint density at radius 3 is 2.48 bits per heavy atom. The van der Waals surface area contributed by atoms with Crippen LogP contribution in [0.2, 0.25) is 0 Å². The molecule has 4 nitrogen and oxygen atoms in total. The van der Waals surface area contributed by atoms with E-state index in [0.717, 1.165) is 10.6 Å². The largest absolute Gasteiger partial charge is 0.383 e. The average molecular weight is 326 g/mol. The average Bonchev–Trinajstić information content (AvgIpc) is 3.26. The van der Waals surface area contributed by atoms with Gasteiger partial charge < -0.3 is 15.0 Å². The van der Waals surface area contributed by atoms with Crippen LogP contribution < -0.4 is 5.32 Å². The molecule has 0 radical (unpaired) electrons. The Balaban J connectivity index is 1.64. The summed E-state index contributed by atoms with van der Waals surface area (Å²) < 4.78 is 1.98. The van der Waals surface area contributed by atoms with Gasteiger partial charge in [0, 0.05) is 28.5 Å². The van der Waals surface area contributed by atoms with Crippen LogP contribution in [-0.2, 0) is 5.60 Å². The van der Waals surface area contributed by atoms with E-state index < -0.39 is 5.60 Å². The van der Waals surface area contributed by atoms with E-state index in [1.54, 1.807) is 19.1 Å².